The van der Waals surface area contributed by atoms with Gasteiger partial charge < -0.3 is 9.80 Å². The Bertz CT molecular complexity index is 1110. The molecular weight excluding hydrogens is 447 g/mol. The first-order valence-electron chi connectivity index (χ1n) is 12.3. The van der Waals surface area contributed by atoms with Crippen LogP contribution in [-0.4, -0.2) is 67.0 Å². The van der Waals surface area contributed by atoms with E-state index in [0.29, 0.717) is 30.0 Å². The lowest BCUT2D eigenvalue weighted by Crippen LogP contribution is -2.71. The fourth-order valence-electron chi connectivity index (χ4n) is 6.87. The summed E-state index contributed by atoms with van der Waals surface area (Å²) in [5, 5.41) is 10.6. The topological polar surface area (TPSA) is 82.9 Å². The number of halogens is 3. The molecule has 3 saturated carbocycles. The highest BCUT2D eigenvalue weighted by Crippen LogP contribution is 2.56. The van der Waals surface area contributed by atoms with Crippen LogP contribution in [0.25, 0.3) is 0 Å². The molecule has 2 saturated heterocycles. The van der Waals surface area contributed by atoms with Crippen molar-refractivity contribution in [2.24, 2.45) is 16.7 Å². The molecule has 0 radical (unpaired) electrons. The number of H-pyrrole nitrogens is 1. The van der Waals surface area contributed by atoms with E-state index >= 15 is 0 Å². The Balaban J connectivity index is 0.844. The van der Waals surface area contributed by atoms with Crippen LogP contribution in [0.15, 0.2) is 12.4 Å². The van der Waals surface area contributed by atoms with Gasteiger partial charge in [-0.05, 0) is 56.9 Å². The molecule has 2 aliphatic heterocycles. The van der Waals surface area contributed by atoms with Crippen LogP contribution >= 0.6 is 0 Å². The van der Waals surface area contributed by atoms with Crippen LogP contribution in [0.1, 0.15) is 67.7 Å². The molecule has 0 aromatic carbocycles. The number of amides is 2. The number of likely N-dealkylation sites (tertiary alicyclic amines) is 2. The number of hydrogen-bond acceptors (Lipinski definition) is 4. The largest absolute Gasteiger partial charge is 0.435 e. The molecule has 3 aliphatic carbocycles. The summed E-state index contributed by atoms with van der Waals surface area (Å²) in [4.78, 5) is 21.2. The Morgan fingerprint density at radius 2 is 1.71 bits per heavy atom. The van der Waals surface area contributed by atoms with Crippen molar-refractivity contribution in [3.8, 4) is 0 Å². The average Bonchev–Trinajstić information content (AvgIpc) is 3.19. The highest BCUT2D eigenvalue weighted by Gasteiger charge is 2.58. The summed E-state index contributed by atoms with van der Waals surface area (Å²) in [6.45, 7) is 3.21. The molecule has 34 heavy (non-hydrogen) atoms. The summed E-state index contributed by atoms with van der Waals surface area (Å²) in [5.74, 6) is 1.92. The third-order valence-electron chi connectivity index (χ3n) is 8.70. The molecule has 182 valence electrons. The zero-order valence-corrected chi connectivity index (χ0v) is 18.9. The van der Waals surface area contributed by atoms with Gasteiger partial charge in [0.25, 0.3) is 0 Å². The van der Waals surface area contributed by atoms with Crippen molar-refractivity contribution in [2.75, 3.05) is 26.2 Å². The fraction of sp³-hybridized carbons (Fsp3) is 0.739. The number of aromatic nitrogens is 5. The Morgan fingerprint density at radius 1 is 1.06 bits per heavy atom. The fourth-order valence-corrected chi connectivity index (χ4v) is 6.87. The van der Waals surface area contributed by atoms with Crippen LogP contribution < -0.4 is 0 Å². The molecule has 2 aromatic heterocycles. The van der Waals surface area contributed by atoms with Crippen molar-refractivity contribution >= 4 is 6.03 Å². The molecule has 0 atom stereocenters. The van der Waals surface area contributed by atoms with E-state index < -0.39 is 11.9 Å². The van der Waals surface area contributed by atoms with Gasteiger partial charge in [0, 0.05) is 48.6 Å². The van der Waals surface area contributed by atoms with E-state index in [-0.39, 0.29) is 16.9 Å². The van der Waals surface area contributed by atoms with Crippen molar-refractivity contribution in [3.63, 3.8) is 0 Å². The average molecular weight is 476 g/mol. The lowest BCUT2D eigenvalue weighted by atomic mass is 9.56. The van der Waals surface area contributed by atoms with Gasteiger partial charge in [-0.3, -0.25) is 5.10 Å². The lowest BCUT2D eigenvalue weighted by molar-refractivity contribution is -0.141. The third kappa shape index (κ3) is 3.33. The molecular formula is C23H28F3N7O. The summed E-state index contributed by atoms with van der Waals surface area (Å²) >= 11 is 0. The van der Waals surface area contributed by atoms with E-state index in [0.717, 1.165) is 63.8 Å². The molecule has 7 rings (SSSR count). The van der Waals surface area contributed by atoms with E-state index in [1.54, 1.807) is 0 Å². The first-order chi connectivity index (χ1) is 16.2. The Morgan fingerprint density at radius 3 is 2.29 bits per heavy atom. The predicted molar refractivity (Wildman–Crippen MR) is 114 cm³/mol. The maximum absolute atomic E-state index is 12.9. The maximum atomic E-state index is 12.9. The molecule has 2 amide bonds. The van der Waals surface area contributed by atoms with Gasteiger partial charge in [0.15, 0.2) is 11.5 Å². The molecule has 8 nitrogen and oxygen atoms in total. The van der Waals surface area contributed by atoms with Crippen LogP contribution in [0.3, 0.4) is 0 Å². The number of nitrogens with zero attached hydrogens (tertiary/aromatic N) is 6. The minimum absolute atomic E-state index is 0.142. The Kier molecular flexibility index (Phi) is 4.12. The van der Waals surface area contributed by atoms with Gasteiger partial charge in [0.1, 0.15) is 6.33 Å². The predicted octanol–water partition coefficient (Wildman–Crippen LogP) is 3.61. The van der Waals surface area contributed by atoms with Crippen LogP contribution in [0.2, 0.25) is 0 Å². The molecule has 0 unspecified atom stereocenters. The van der Waals surface area contributed by atoms with E-state index in [9.17, 15) is 18.0 Å². The monoisotopic (exact) mass is 475 g/mol. The van der Waals surface area contributed by atoms with Crippen molar-refractivity contribution in [1.82, 2.24) is 34.8 Å². The number of hydrogen-bond donors (Lipinski definition) is 1. The van der Waals surface area contributed by atoms with Crippen LogP contribution in [0.4, 0.5) is 18.0 Å². The number of rotatable bonds is 4. The molecule has 2 aromatic rings. The van der Waals surface area contributed by atoms with Crippen molar-refractivity contribution in [1.29, 1.82) is 0 Å². The second-order valence-electron chi connectivity index (χ2n) is 11.7. The first kappa shape index (κ1) is 20.8. The van der Waals surface area contributed by atoms with Gasteiger partial charge in [-0.15, -0.1) is 0 Å². The van der Waals surface area contributed by atoms with E-state index in [1.807, 2.05) is 20.8 Å². The number of alkyl halides is 3. The van der Waals surface area contributed by atoms with Crippen molar-refractivity contribution < 1.29 is 18.0 Å². The highest BCUT2D eigenvalue weighted by molar-refractivity contribution is 5.77. The van der Waals surface area contributed by atoms with E-state index in [2.05, 4.69) is 20.3 Å². The molecule has 11 heteroatoms. The van der Waals surface area contributed by atoms with Gasteiger partial charge in [0.2, 0.25) is 0 Å². The summed E-state index contributed by atoms with van der Waals surface area (Å²) in [6, 6.07) is 1.67. The van der Waals surface area contributed by atoms with Gasteiger partial charge in [-0.1, -0.05) is 0 Å². The maximum Gasteiger partial charge on any atom is 0.435 e. The quantitative estimate of drug-likeness (QED) is 0.733. The van der Waals surface area contributed by atoms with E-state index in [1.165, 1.54) is 12.8 Å². The smallest absolute Gasteiger partial charge is 0.323 e. The zero-order valence-electron chi connectivity index (χ0n) is 18.9. The van der Waals surface area contributed by atoms with E-state index in [4.69, 9.17) is 0 Å². The van der Waals surface area contributed by atoms with Gasteiger partial charge in [-0.2, -0.15) is 23.4 Å². The number of nitrogens with one attached hydrogen (secondary N) is 1. The van der Waals surface area contributed by atoms with Crippen LogP contribution in [0, 0.1) is 16.7 Å². The molecule has 5 aliphatic rings. The Hall–Kier alpha value is -2.59. The van der Waals surface area contributed by atoms with Gasteiger partial charge in [-0.25, -0.2) is 14.5 Å². The SMILES string of the molecule is O=C(N1CC2(CC(Cc3cc(C(F)(F)F)n[nH]3)C2)C1)N1CC2(CC(n3cnc(C4CC4)n3)C2)C1. The number of carbonyl (C=O) groups is 1. The minimum Gasteiger partial charge on any atom is -0.323 e. The van der Waals surface area contributed by atoms with Gasteiger partial charge in [0.05, 0.1) is 6.04 Å². The number of carbonyl (C=O) groups excluding carboxylic acids is 1. The second kappa shape index (κ2) is 6.75. The standard InChI is InChI=1S/C23H28F3N7O/c24-23(25,26)18-4-16(28-29-18)3-14-5-21(6-14)9-31(10-21)20(34)32-11-22(12-32)7-17(8-22)33-13-27-19(30-33)15-1-2-15/h4,13-15,17H,1-3,5-12H2,(H,28,29). The summed E-state index contributed by atoms with van der Waals surface area (Å²) in [7, 11) is 0. The summed E-state index contributed by atoms with van der Waals surface area (Å²) in [5.41, 5.74) is 0.115. The minimum atomic E-state index is -4.41. The first-order valence-corrected chi connectivity index (χ1v) is 12.3. The molecule has 0 bridgehead atoms. The Labute approximate surface area is 194 Å². The summed E-state index contributed by atoms with van der Waals surface area (Å²) in [6.07, 6.45) is 4.53. The molecule has 5 fully saturated rings. The zero-order chi connectivity index (χ0) is 23.3. The van der Waals surface area contributed by atoms with Crippen LogP contribution in [0.5, 0.6) is 0 Å². The number of urea groups is 1. The van der Waals surface area contributed by atoms with Crippen molar-refractivity contribution in [2.45, 2.75) is 63.1 Å². The lowest BCUT2D eigenvalue weighted by Gasteiger charge is -2.63. The molecule has 2 spiro atoms. The van der Waals surface area contributed by atoms with Crippen molar-refractivity contribution in [3.05, 3.63) is 29.6 Å². The second-order valence-corrected chi connectivity index (χ2v) is 11.7. The van der Waals surface area contributed by atoms with Gasteiger partial charge >= 0.3 is 12.2 Å². The number of aromatic amines is 1. The highest BCUT2D eigenvalue weighted by atomic mass is 19.4. The summed E-state index contributed by atoms with van der Waals surface area (Å²) < 4.78 is 40.2. The molecule has 4 heterocycles. The normalized spacial score (nSPS) is 25.7. The van der Waals surface area contributed by atoms with Crippen LogP contribution in [-0.2, 0) is 12.6 Å². The molecule has 1 N–H and O–H groups in total. The third-order valence-corrected chi connectivity index (χ3v) is 8.70.